The van der Waals surface area contributed by atoms with E-state index in [1.165, 1.54) is 11.1 Å². The van der Waals surface area contributed by atoms with E-state index in [4.69, 9.17) is 4.74 Å². The zero-order chi connectivity index (χ0) is 21.7. The minimum Gasteiger partial charge on any atom is -0.484 e. The topological polar surface area (TPSA) is 49.9 Å². The van der Waals surface area contributed by atoms with E-state index in [1.807, 2.05) is 37.8 Å². The number of nitrogens with zero attached hydrogens (tertiary/aromatic N) is 2. The Morgan fingerprint density at radius 2 is 1.77 bits per heavy atom. The number of fused-ring (bicyclic) bond motifs is 1. The van der Waals surface area contributed by atoms with Crippen LogP contribution in [0.3, 0.4) is 0 Å². The molecular formula is C25H32N2O3. The minimum absolute atomic E-state index is 0.0180. The Hall–Kier alpha value is -2.82. The van der Waals surface area contributed by atoms with Crippen LogP contribution in [0.25, 0.3) is 0 Å². The molecule has 5 heteroatoms. The van der Waals surface area contributed by atoms with Crippen LogP contribution in [0.5, 0.6) is 5.75 Å². The van der Waals surface area contributed by atoms with Crippen molar-refractivity contribution in [2.45, 2.75) is 46.6 Å². The number of hydrogen-bond donors (Lipinski definition) is 0. The number of carbonyl (C=O) groups excluding carboxylic acids is 2. The van der Waals surface area contributed by atoms with Gasteiger partial charge < -0.3 is 14.5 Å². The van der Waals surface area contributed by atoms with Crippen LogP contribution < -0.4 is 4.74 Å². The molecule has 1 aliphatic rings. The van der Waals surface area contributed by atoms with E-state index in [2.05, 4.69) is 37.3 Å². The largest absolute Gasteiger partial charge is 0.484 e. The highest BCUT2D eigenvalue weighted by molar-refractivity contribution is 5.78. The standard InChI is InChI=1S/C25H32N2O3/c1-5-23(28)27-15-14-19-12-13-21(30-17-24(29)26(6-2)7-3)16-22(19)25(27)20-10-8-18(4)9-11-20/h8-13,16,25H,5-7,14-15,17H2,1-4H3. The second-order valence-electron chi connectivity index (χ2n) is 7.72. The second kappa shape index (κ2) is 9.79. The molecule has 160 valence electrons. The molecule has 3 rings (SSSR count). The second-order valence-corrected chi connectivity index (χ2v) is 7.72. The highest BCUT2D eigenvalue weighted by atomic mass is 16.5. The van der Waals surface area contributed by atoms with Gasteiger partial charge in [-0.25, -0.2) is 0 Å². The van der Waals surface area contributed by atoms with Crippen molar-refractivity contribution in [1.29, 1.82) is 0 Å². The van der Waals surface area contributed by atoms with Crippen molar-refractivity contribution in [3.05, 3.63) is 64.7 Å². The van der Waals surface area contributed by atoms with Crippen LogP contribution in [-0.4, -0.2) is 47.9 Å². The van der Waals surface area contributed by atoms with Crippen LogP contribution >= 0.6 is 0 Å². The Balaban J connectivity index is 1.92. The van der Waals surface area contributed by atoms with Crippen molar-refractivity contribution in [2.75, 3.05) is 26.2 Å². The maximum atomic E-state index is 12.7. The predicted octanol–water partition coefficient (Wildman–Crippen LogP) is 4.13. The molecule has 2 amide bonds. The van der Waals surface area contributed by atoms with E-state index in [1.54, 1.807) is 4.90 Å². The van der Waals surface area contributed by atoms with Crippen molar-refractivity contribution >= 4 is 11.8 Å². The van der Waals surface area contributed by atoms with E-state index in [9.17, 15) is 9.59 Å². The summed E-state index contributed by atoms with van der Waals surface area (Å²) in [6.45, 7) is 9.97. The average molecular weight is 409 g/mol. The molecule has 0 saturated carbocycles. The summed E-state index contributed by atoms with van der Waals surface area (Å²) in [6, 6.07) is 14.2. The molecule has 0 N–H and O–H groups in total. The summed E-state index contributed by atoms with van der Waals surface area (Å²) in [5.74, 6) is 0.794. The van der Waals surface area contributed by atoms with Gasteiger partial charge >= 0.3 is 0 Å². The first-order chi connectivity index (χ1) is 14.5. The Morgan fingerprint density at radius 3 is 2.40 bits per heavy atom. The summed E-state index contributed by atoms with van der Waals surface area (Å²) >= 11 is 0. The predicted molar refractivity (Wildman–Crippen MR) is 119 cm³/mol. The third kappa shape index (κ3) is 4.66. The number of amides is 2. The number of carbonyl (C=O) groups is 2. The zero-order valence-corrected chi connectivity index (χ0v) is 18.5. The molecule has 1 unspecified atom stereocenters. The molecule has 1 heterocycles. The highest BCUT2D eigenvalue weighted by Gasteiger charge is 2.31. The monoisotopic (exact) mass is 408 g/mol. The molecule has 2 aromatic carbocycles. The van der Waals surface area contributed by atoms with Gasteiger partial charge in [-0.05, 0) is 56.0 Å². The molecule has 0 aromatic heterocycles. The van der Waals surface area contributed by atoms with Gasteiger partial charge in [0.15, 0.2) is 6.61 Å². The van der Waals surface area contributed by atoms with Gasteiger partial charge in [0.2, 0.25) is 5.91 Å². The SMILES string of the molecule is CCC(=O)N1CCc2ccc(OCC(=O)N(CC)CC)cc2C1c1ccc(C)cc1. The maximum absolute atomic E-state index is 12.7. The minimum atomic E-state index is -0.135. The first kappa shape index (κ1) is 21.9. The number of ether oxygens (including phenoxy) is 1. The fourth-order valence-electron chi connectivity index (χ4n) is 4.08. The fraction of sp³-hybridized carbons (Fsp3) is 0.440. The summed E-state index contributed by atoms with van der Waals surface area (Å²) < 4.78 is 5.85. The Morgan fingerprint density at radius 1 is 1.07 bits per heavy atom. The third-order valence-electron chi connectivity index (χ3n) is 5.84. The molecule has 2 aromatic rings. The fourth-order valence-corrected chi connectivity index (χ4v) is 4.08. The molecule has 0 spiro atoms. The zero-order valence-electron chi connectivity index (χ0n) is 18.5. The van der Waals surface area contributed by atoms with Crippen LogP contribution in [-0.2, 0) is 16.0 Å². The third-order valence-corrected chi connectivity index (χ3v) is 5.84. The molecule has 0 aliphatic carbocycles. The van der Waals surface area contributed by atoms with E-state index in [-0.39, 0.29) is 24.5 Å². The lowest BCUT2D eigenvalue weighted by Crippen LogP contribution is -2.40. The Labute approximate surface area is 179 Å². The molecule has 1 aliphatic heterocycles. The maximum Gasteiger partial charge on any atom is 0.260 e. The lowest BCUT2D eigenvalue weighted by molar-refractivity contribution is -0.133. The molecule has 0 saturated heterocycles. The van der Waals surface area contributed by atoms with E-state index < -0.39 is 0 Å². The molecule has 30 heavy (non-hydrogen) atoms. The molecule has 0 fully saturated rings. The first-order valence-electron chi connectivity index (χ1n) is 10.9. The number of rotatable bonds is 7. The van der Waals surface area contributed by atoms with Gasteiger partial charge in [0, 0.05) is 26.1 Å². The smallest absolute Gasteiger partial charge is 0.260 e. The molecular weight excluding hydrogens is 376 g/mol. The Bertz CT molecular complexity index is 888. The van der Waals surface area contributed by atoms with Gasteiger partial charge in [-0.1, -0.05) is 42.8 Å². The summed E-state index contributed by atoms with van der Waals surface area (Å²) in [4.78, 5) is 28.8. The lowest BCUT2D eigenvalue weighted by atomic mass is 9.87. The molecule has 5 nitrogen and oxygen atoms in total. The normalized spacial score (nSPS) is 15.5. The van der Waals surface area contributed by atoms with Crippen LogP contribution in [0, 0.1) is 6.92 Å². The van der Waals surface area contributed by atoms with Crippen molar-refractivity contribution in [2.24, 2.45) is 0 Å². The van der Waals surface area contributed by atoms with Crippen LogP contribution in [0.4, 0.5) is 0 Å². The van der Waals surface area contributed by atoms with E-state index in [0.29, 0.717) is 31.8 Å². The summed E-state index contributed by atoms with van der Waals surface area (Å²) in [5, 5.41) is 0. The van der Waals surface area contributed by atoms with E-state index >= 15 is 0 Å². The van der Waals surface area contributed by atoms with Gasteiger partial charge in [-0.3, -0.25) is 9.59 Å². The lowest BCUT2D eigenvalue weighted by Gasteiger charge is -2.38. The van der Waals surface area contributed by atoms with Crippen LogP contribution in [0.1, 0.15) is 55.5 Å². The van der Waals surface area contributed by atoms with E-state index in [0.717, 1.165) is 17.5 Å². The van der Waals surface area contributed by atoms with Crippen molar-refractivity contribution in [1.82, 2.24) is 9.80 Å². The van der Waals surface area contributed by atoms with Gasteiger partial charge in [-0.15, -0.1) is 0 Å². The number of likely N-dealkylation sites (N-methyl/N-ethyl adjacent to an activating group) is 1. The summed E-state index contributed by atoms with van der Waals surface area (Å²) in [5.41, 5.74) is 4.60. The quantitative estimate of drug-likeness (QED) is 0.692. The number of aryl methyl sites for hydroxylation is 1. The van der Waals surface area contributed by atoms with Crippen LogP contribution in [0.15, 0.2) is 42.5 Å². The summed E-state index contributed by atoms with van der Waals surface area (Å²) in [7, 11) is 0. The van der Waals surface area contributed by atoms with Crippen molar-refractivity contribution in [3.63, 3.8) is 0 Å². The Kier molecular flexibility index (Phi) is 7.14. The van der Waals surface area contributed by atoms with Crippen molar-refractivity contribution < 1.29 is 14.3 Å². The average Bonchev–Trinajstić information content (AvgIpc) is 2.77. The van der Waals surface area contributed by atoms with Crippen LogP contribution in [0.2, 0.25) is 0 Å². The number of hydrogen-bond acceptors (Lipinski definition) is 3. The van der Waals surface area contributed by atoms with Gasteiger partial charge in [-0.2, -0.15) is 0 Å². The van der Waals surface area contributed by atoms with Gasteiger partial charge in [0.25, 0.3) is 5.91 Å². The van der Waals surface area contributed by atoms with Gasteiger partial charge in [0.05, 0.1) is 6.04 Å². The highest BCUT2D eigenvalue weighted by Crippen LogP contribution is 2.37. The molecule has 0 radical (unpaired) electrons. The summed E-state index contributed by atoms with van der Waals surface area (Å²) in [6.07, 6.45) is 1.30. The van der Waals surface area contributed by atoms with Gasteiger partial charge in [0.1, 0.15) is 5.75 Å². The first-order valence-corrected chi connectivity index (χ1v) is 10.9. The molecule has 1 atom stereocenters. The molecule has 0 bridgehead atoms. The number of benzene rings is 2. The van der Waals surface area contributed by atoms with Crippen molar-refractivity contribution in [3.8, 4) is 5.75 Å².